The minimum absolute atomic E-state index is 0.0304. The third-order valence-corrected chi connectivity index (χ3v) is 6.62. The zero-order valence-electron chi connectivity index (χ0n) is 16.3. The highest BCUT2D eigenvalue weighted by Crippen LogP contribution is 2.29. The monoisotopic (exact) mass is 453 g/mol. The molecule has 0 atom stereocenters. The first-order valence-corrected chi connectivity index (χ1v) is 11.2. The van der Waals surface area contributed by atoms with Gasteiger partial charge >= 0.3 is 10.1 Å². The number of nitrogens with one attached hydrogen (secondary N) is 1. The van der Waals surface area contributed by atoms with Crippen LogP contribution in [-0.2, 0) is 16.7 Å². The van der Waals surface area contributed by atoms with Gasteiger partial charge in [0.05, 0.1) is 18.2 Å². The van der Waals surface area contributed by atoms with Crippen LogP contribution < -0.4 is 14.7 Å². The van der Waals surface area contributed by atoms with Crippen molar-refractivity contribution in [3.8, 4) is 11.5 Å². The number of nitrogens with two attached hydrogens (primary N) is 1. The van der Waals surface area contributed by atoms with Gasteiger partial charge in [0, 0.05) is 19.2 Å². The highest BCUT2D eigenvalue weighted by molar-refractivity contribution is 7.87. The Kier molecular flexibility index (Phi) is 7.06. The Bertz CT molecular complexity index is 1010. The standard InChI is InChI=1S/C20H24ClN3O5S/c21-18-3-1-2-4-19(18)30(26,27)29-17-10-15(12-25)9-16(11-17)28-13-14-5-7-24(8-6-14)20(22)23/h1-4,9-11,14,25H,5-8,12-13H2,(H3,22,23). The summed E-state index contributed by atoms with van der Waals surface area (Å²) in [5.41, 5.74) is 5.97. The molecule has 3 rings (SSSR count). The Morgan fingerprint density at radius 2 is 1.87 bits per heavy atom. The Morgan fingerprint density at radius 3 is 2.50 bits per heavy atom. The first kappa shape index (κ1) is 22.2. The SMILES string of the molecule is N=C(N)N1CCC(COc2cc(CO)cc(OS(=O)(=O)c3ccccc3Cl)c2)CC1. The molecule has 0 saturated carbocycles. The lowest BCUT2D eigenvalue weighted by molar-refractivity contribution is 0.179. The molecule has 0 aliphatic carbocycles. The second kappa shape index (κ2) is 9.55. The summed E-state index contributed by atoms with van der Waals surface area (Å²) in [4.78, 5) is 1.68. The Balaban J connectivity index is 1.70. The second-order valence-corrected chi connectivity index (χ2v) is 8.99. The molecule has 1 heterocycles. The molecular formula is C20H24ClN3O5S. The summed E-state index contributed by atoms with van der Waals surface area (Å²) in [7, 11) is -4.14. The van der Waals surface area contributed by atoms with Gasteiger partial charge in [-0.15, -0.1) is 0 Å². The lowest BCUT2D eigenvalue weighted by Gasteiger charge is -2.32. The summed E-state index contributed by atoms with van der Waals surface area (Å²) < 4.78 is 36.3. The number of nitrogens with zero attached hydrogens (tertiary/aromatic N) is 1. The van der Waals surface area contributed by atoms with Gasteiger partial charge in [-0.3, -0.25) is 5.41 Å². The van der Waals surface area contributed by atoms with E-state index in [0.29, 0.717) is 31.0 Å². The number of benzene rings is 2. The topological polar surface area (TPSA) is 126 Å². The van der Waals surface area contributed by atoms with Crippen LogP contribution in [0.5, 0.6) is 11.5 Å². The van der Waals surface area contributed by atoms with Gasteiger partial charge in [0.15, 0.2) is 5.96 Å². The van der Waals surface area contributed by atoms with Crippen LogP contribution in [0.15, 0.2) is 47.4 Å². The van der Waals surface area contributed by atoms with Gasteiger partial charge in [0.1, 0.15) is 16.4 Å². The van der Waals surface area contributed by atoms with Gasteiger partial charge in [0.2, 0.25) is 0 Å². The van der Waals surface area contributed by atoms with Crippen molar-refractivity contribution in [2.24, 2.45) is 11.7 Å². The quantitative estimate of drug-likeness (QED) is 0.334. The number of guanidine groups is 1. The minimum atomic E-state index is -4.14. The molecule has 162 valence electrons. The first-order chi connectivity index (χ1) is 14.3. The average Bonchev–Trinajstić information content (AvgIpc) is 2.72. The maximum absolute atomic E-state index is 12.6. The molecule has 0 unspecified atom stereocenters. The number of hydrogen-bond donors (Lipinski definition) is 3. The maximum atomic E-state index is 12.6. The van der Waals surface area contributed by atoms with E-state index in [1.165, 1.54) is 24.3 Å². The van der Waals surface area contributed by atoms with Gasteiger partial charge in [-0.2, -0.15) is 8.42 Å². The van der Waals surface area contributed by atoms with Gasteiger partial charge in [-0.25, -0.2) is 0 Å². The molecule has 2 aromatic carbocycles. The molecule has 8 nitrogen and oxygen atoms in total. The Morgan fingerprint density at radius 1 is 1.20 bits per heavy atom. The number of aliphatic hydroxyl groups is 1. The third-order valence-electron chi connectivity index (χ3n) is 4.88. The number of ether oxygens (including phenoxy) is 1. The van der Waals surface area contributed by atoms with Crippen LogP contribution >= 0.6 is 11.6 Å². The molecule has 4 N–H and O–H groups in total. The maximum Gasteiger partial charge on any atom is 0.340 e. The molecule has 10 heteroatoms. The van der Waals surface area contributed by atoms with E-state index in [-0.39, 0.29) is 34.2 Å². The van der Waals surface area contributed by atoms with Crippen molar-refractivity contribution >= 4 is 27.7 Å². The van der Waals surface area contributed by atoms with E-state index in [0.717, 1.165) is 12.8 Å². The number of rotatable bonds is 7. The largest absolute Gasteiger partial charge is 0.493 e. The zero-order chi connectivity index (χ0) is 21.7. The summed E-state index contributed by atoms with van der Waals surface area (Å²) in [5, 5.41) is 17.1. The van der Waals surface area contributed by atoms with E-state index in [1.54, 1.807) is 18.2 Å². The molecule has 0 bridgehead atoms. The van der Waals surface area contributed by atoms with E-state index in [9.17, 15) is 13.5 Å². The smallest absolute Gasteiger partial charge is 0.340 e. The molecule has 1 fully saturated rings. The highest BCUT2D eigenvalue weighted by atomic mass is 35.5. The fourth-order valence-corrected chi connectivity index (χ4v) is 4.64. The first-order valence-electron chi connectivity index (χ1n) is 9.44. The van der Waals surface area contributed by atoms with Crippen LogP contribution in [0.25, 0.3) is 0 Å². The summed E-state index contributed by atoms with van der Waals surface area (Å²) in [5.74, 6) is 0.795. The normalized spacial score (nSPS) is 15.1. The van der Waals surface area contributed by atoms with Crippen LogP contribution in [0.1, 0.15) is 18.4 Å². The lowest BCUT2D eigenvalue weighted by Crippen LogP contribution is -2.43. The molecular weight excluding hydrogens is 430 g/mol. The highest BCUT2D eigenvalue weighted by Gasteiger charge is 2.22. The average molecular weight is 454 g/mol. The fourth-order valence-electron chi connectivity index (χ4n) is 3.23. The summed E-state index contributed by atoms with van der Waals surface area (Å²) in [6.45, 7) is 1.53. The van der Waals surface area contributed by atoms with Crippen molar-refractivity contribution in [2.75, 3.05) is 19.7 Å². The number of hydrogen-bond acceptors (Lipinski definition) is 6. The van der Waals surface area contributed by atoms with Gasteiger partial charge in [-0.05, 0) is 48.6 Å². The van der Waals surface area contributed by atoms with E-state index in [4.69, 9.17) is 31.7 Å². The summed E-state index contributed by atoms with van der Waals surface area (Å²) >= 11 is 5.98. The molecule has 1 aliphatic rings. The van der Waals surface area contributed by atoms with Gasteiger partial charge < -0.3 is 24.7 Å². The number of aliphatic hydroxyl groups excluding tert-OH is 1. The molecule has 0 radical (unpaired) electrons. The van der Waals surface area contributed by atoms with E-state index >= 15 is 0 Å². The van der Waals surface area contributed by atoms with Crippen molar-refractivity contribution in [2.45, 2.75) is 24.3 Å². The molecule has 0 amide bonds. The molecule has 0 aromatic heterocycles. The predicted octanol–water partition coefficient (Wildman–Crippen LogP) is 2.58. The fraction of sp³-hybridized carbons (Fsp3) is 0.350. The van der Waals surface area contributed by atoms with Crippen molar-refractivity contribution in [3.63, 3.8) is 0 Å². The van der Waals surface area contributed by atoms with Crippen molar-refractivity contribution in [1.29, 1.82) is 5.41 Å². The van der Waals surface area contributed by atoms with E-state index in [1.807, 2.05) is 4.90 Å². The van der Waals surface area contributed by atoms with Gasteiger partial charge in [0.25, 0.3) is 0 Å². The Hall–Kier alpha value is -2.49. The van der Waals surface area contributed by atoms with Crippen LogP contribution in [0.4, 0.5) is 0 Å². The summed E-state index contributed by atoms with van der Waals surface area (Å²) in [6.07, 6.45) is 1.67. The Labute approximate surface area is 180 Å². The van der Waals surface area contributed by atoms with E-state index < -0.39 is 10.1 Å². The van der Waals surface area contributed by atoms with E-state index in [2.05, 4.69) is 0 Å². The van der Waals surface area contributed by atoms with Gasteiger partial charge in [-0.1, -0.05) is 23.7 Å². The van der Waals surface area contributed by atoms with Crippen LogP contribution in [-0.4, -0.2) is 44.1 Å². The van der Waals surface area contributed by atoms with Crippen LogP contribution in [0, 0.1) is 11.3 Å². The van der Waals surface area contributed by atoms with Crippen molar-refractivity contribution < 1.29 is 22.4 Å². The molecule has 0 spiro atoms. The molecule has 30 heavy (non-hydrogen) atoms. The third kappa shape index (κ3) is 5.56. The minimum Gasteiger partial charge on any atom is -0.493 e. The summed E-state index contributed by atoms with van der Waals surface area (Å²) in [6, 6.07) is 10.6. The molecule has 1 aliphatic heterocycles. The second-order valence-electron chi connectivity index (χ2n) is 7.07. The molecule has 2 aromatic rings. The lowest BCUT2D eigenvalue weighted by atomic mass is 9.98. The van der Waals surface area contributed by atoms with Crippen LogP contribution in [0.3, 0.4) is 0 Å². The number of likely N-dealkylation sites (tertiary alicyclic amines) is 1. The number of piperidine rings is 1. The zero-order valence-corrected chi connectivity index (χ0v) is 17.8. The predicted molar refractivity (Wildman–Crippen MR) is 113 cm³/mol. The van der Waals surface area contributed by atoms with Crippen molar-refractivity contribution in [3.05, 3.63) is 53.1 Å². The van der Waals surface area contributed by atoms with Crippen molar-refractivity contribution in [1.82, 2.24) is 4.90 Å². The number of halogens is 1. The van der Waals surface area contributed by atoms with Crippen LogP contribution in [0.2, 0.25) is 5.02 Å². The molecule has 1 saturated heterocycles.